The van der Waals surface area contributed by atoms with Gasteiger partial charge in [0.05, 0.1) is 24.8 Å². The van der Waals surface area contributed by atoms with Crippen LogP contribution in [-0.4, -0.2) is 43.0 Å². The van der Waals surface area contributed by atoms with E-state index in [1.807, 2.05) is 42.5 Å². The van der Waals surface area contributed by atoms with Crippen molar-refractivity contribution in [1.29, 1.82) is 0 Å². The van der Waals surface area contributed by atoms with Crippen LogP contribution in [0.4, 0.5) is 11.5 Å². The fraction of sp³-hybridized carbons (Fsp3) is 0.250. The zero-order chi connectivity index (χ0) is 29.3. The van der Waals surface area contributed by atoms with Crippen molar-refractivity contribution in [2.45, 2.75) is 32.1 Å². The molecule has 0 aliphatic carbocycles. The molecule has 9 nitrogen and oxygen atoms in total. The van der Waals surface area contributed by atoms with E-state index >= 15 is 0 Å². The summed E-state index contributed by atoms with van der Waals surface area (Å²) in [5.41, 5.74) is 5.24. The Kier molecular flexibility index (Phi) is 12.6. The summed E-state index contributed by atoms with van der Waals surface area (Å²) >= 11 is 0. The summed E-state index contributed by atoms with van der Waals surface area (Å²) in [5, 5.41) is 4.14. The van der Waals surface area contributed by atoms with Crippen LogP contribution in [0.15, 0.2) is 73.1 Å². The van der Waals surface area contributed by atoms with Crippen LogP contribution in [0.5, 0.6) is 11.5 Å². The molecule has 3 aromatic carbocycles. The predicted octanol–water partition coefficient (Wildman–Crippen LogP) is 5.87. The molecule has 0 saturated heterocycles. The van der Waals surface area contributed by atoms with E-state index in [2.05, 4.69) is 31.5 Å². The normalized spacial score (nSPS) is 10.1. The third-order valence-electron chi connectivity index (χ3n) is 5.89. The molecule has 2 N–H and O–H groups in total. The van der Waals surface area contributed by atoms with Crippen LogP contribution in [0, 0.1) is 12.3 Å². The molecule has 9 heteroatoms. The number of anilines is 2. The standard InChI is InChI=1S/C24H25N3O3.C8H9NO2/c1-3-18-10-9-11-19(14-18)27-24-20-15-23(30-13-8-6-4-5-7-12-28)22(29-2)16-21(20)25-17-26-24;1-9-11-8(10)7-5-3-2-4-6-7/h1,9-12,14-17H,4-8,13H2,2H3,(H,25,26,27);2-6,9H,1H3. The van der Waals surface area contributed by atoms with E-state index in [0.29, 0.717) is 35.9 Å². The molecule has 0 spiro atoms. The van der Waals surface area contributed by atoms with Crippen molar-refractivity contribution in [2.24, 2.45) is 0 Å². The lowest BCUT2D eigenvalue weighted by Crippen LogP contribution is -2.14. The summed E-state index contributed by atoms with van der Waals surface area (Å²) in [4.78, 5) is 34.6. The molecule has 212 valence electrons. The lowest BCUT2D eigenvalue weighted by atomic mass is 10.1. The molecule has 1 heterocycles. The molecule has 0 saturated carbocycles. The van der Waals surface area contributed by atoms with E-state index in [4.69, 9.17) is 15.9 Å². The molecule has 4 rings (SSSR count). The molecule has 4 aromatic rings. The van der Waals surface area contributed by atoms with Gasteiger partial charge in [-0.05, 0) is 49.2 Å². The molecule has 0 atom stereocenters. The number of rotatable bonds is 13. The van der Waals surface area contributed by atoms with E-state index in [1.54, 1.807) is 38.4 Å². The Hall–Kier alpha value is -4.94. The fourth-order valence-corrected chi connectivity index (χ4v) is 3.85. The number of methoxy groups -OCH3 is 1. The Labute approximate surface area is 240 Å². The molecule has 0 radical (unpaired) electrons. The van der Waals surface area contributed by atoms with Crippen molar-refractivity contribution in [1.82, 2.24) is 15.4 Å². The smallest absolute Gasteiger partial charge is 0.356 e. The monoisotopic (exact) mass is 554 g/mol. The number of aldehydes is 1. The van der Waals surface area contributed by atoms with Crippen molar-refractivity contribution in [2.75, 3.05) is 26.1 Å². The van der Waals surface area contributed by atoms with Gasteiger partial charge in [0.25, 0.3) is 0 Å². The van der Waals surface area contributed by atoms with Gasteiger partial charge in [0.15, 0.2) is 11.5 Å². The van der Waals surface area contributed by atoms with Crippen LogP contribution in [0.1, 0.15) is 48.0 Å². The number of carbonyl (C=O) groups excluding carboxylic acids is 2. The minimum atomic E-state index is -0.367. The van der Waals surface area contributed by atoms with Crippen molar-refractivity contribution in [3.8, 4) is 23.8 Å². The zero-order valence-electron chi connectivity index (χ0n) is 23.3. The van der Waals surface area contributed by atoms with Gasteiger partial charge >= 0.3 is 5.97 Å². The van der Waals surface area contributed by atoms with Gasteiger partial charge in [-0.25, -0.2) is 14.8 Å². The largest absolute Gasteiger partial charge is 0.493 e. The van der Waals surface area contributed by atoms with Crippen LogP contribution in [0.25, 0.3) is 10.9 Å². The maximum absolute atomic E-state index is 11.0. The Morgan fingerprint density at radius 2 is 1.78 bits per heavy atom. The summed E-state index contributed by atoms with van der Waals surface area (Å²) in [5.74, 6) is 4.20. The number of nitrogens with one attached hydrogen (secondary N) is 2. The van der Waals surface area contributed by atoms with E-state index in [9.17, 15) is 9.59 Å². The first-order chi connectivity index (χ1) is 20.1. The Bertz CT molecular complexity index is 1450. The van der Waals surface area contributed by atoms with Gasteiger partial charge in [-0.3, -0.25) is 0 Å². The molecule has 0 unspecified atom stereocenters. The van der Waals surface area contributed by atoms with Crippen molar-refractivity contribution >= 4 is 34.7 Å². The minimum absolute atomic E-state index is 0.367. The van der Waals surface area contributed by atoms with E-state index in [1.165, 1.54) is 6.33 Å². The molecule has 0 bridgehead atoms. The summed E-state index contributed by atoms with van der Waals surface area (Å²) in [7, 11) is 3.15. The third kappa shape index (κ3) is 9.64. The number of hydrogen-bond donors (Lipinski definition) is 2. The van der Waals surface area contributed by atoms with Crippen LogP contribution in [0.2, 0.25) is 0 Å². The van der Waals surface area contributed by atoms with Crippen LogP contribution < -0.4 is 20.3 Å². The van der Waals surface area contributed by atoms with Gasteiger partial charge in [0, 0.05) is 36.2 Å². The van der Waals surface area contributed by atoms with Crippen LogP contribution in [0.3, 0.4) is 0 Å². The molecule has 1 aromatic heterocycles. The van der Waals surface area contributed by atoms with Gasteiger partial charge < -0.3 is 24.4 Å². The predicted molar refractivity (Wildman–Crippen MR) is 159 cm³/mol. The minimum Gasteiger partial charge on any atom is -0.493 e. The van der Waals surface area contributed by atoms with E-state index in [-0.39, 0.29) is 5.97 Å². The first-order valence-electron chi connectivity index (χ1n) is 13.3. The molecule has 0 aliphatic rings. The third-order valence-corrected chi connectivity index (χ3v) is 5.89. The quantitative estimate of drug-likeness (QED) is 0.0907. The average Bonchev–Trinajstić information content (AvgIpc) is 3.01. The van der Waals surface area contributed by atoms with Crippen molar-refractivity contribution in [3.63, 3.8) is 0 Å². The first-order valence-corrected chi connectivity index (χ1v) is 13.3. The SMILES string of the molecule is C#Cc1cccc(Nc2ncnc3cc(OC)c(OCCCCCCC=O)cc23)c1.CNOC(=O)c1ccccc1. The summed E-state index contributed by atoms with van der Waals surface area (Å²) in [6, 6.07) is 20.1. The zero-order valence-corrected chi connectivity index (χ0v) is 23.3. The maximum Gasteiger partial charge on any atom is 0.356 e. The number of hydrogen-bond acceptors (Lipinski definition) is 9. The number of aromatic nitrogens is 2. The van der Waals surface area contributed by atoms with E-state index in [0.717, 1.165) is 54.1 Å². The maximum atomic E-state index is 11.0. The van der Waals surface area contributed by atoms with Gasteiger partial charge in [0.2, 0.25) is 0 Å². The second-order valence-electron chi connectivity index (χ2n) is 8.77. The molecular formula is C32H34N4O5. The molecule has 0 aliphatic heterocycles. The van der Waals surface area contributed by atoms with Crippen molar-refractivity contribution < 1.29 is 23.9 Å². The van der Waals surface area contributed by atoms with Gasteiger partial charge in [-0.2, -0.15) is 5.48 Å². The highest BCUT2D eigenvalue weighted by molar-refractivity contribution is 5.93. The molecule has 41 heavy (non-hydrogen) atoms. The topological polar surface area (TPSA) is 112 Å². The summed E-state index contributed by atoms with van der Waals surface area (Å²) < 4.78 is 11.5. The molecular weight excluding hydrogens is 520 g/mol. The number of unbranched alkanes of at least 4 members (excludes halogenated alkanes) is 4. The lowest BCUT2D eigenvalue weighted by Gasteiger charge is -2.14. The van der Waals surface area contributed by atoms with Gasteiger partial charge in [-0.1, -0.05) is 43.0 Å². The Morgan fingerprint density at radius 1 is 0.976 bits per heavy atom. The highest BCUT2D eigenvalue weighted by Gasteiger charge is 2.12. The van der Waals surface area contributed by atoms with Crippen LogP contribution in [-0.2, 0) is 9.63 Å². The number of nitrogens with zero attached hydrogens (tertiary/aromatic N) is 2. The Balaban J connectivity index is 0.000000352. The average molecular weight is 555 g/mol. The highest BCUT2D eigenvalue weighted by Crippen LogP contribution is 2.35. The van der Waals surface area contributed by atoms with Crippen LogP contribution >= 0.6 is 0 Å². The summed E-state index contributed by atoms with van der Waals surface area (Å²) in [6.07, 6.45) is 12.5. The second-order valence-corrected chi connectivity index (χ2v) is 8.77. The van der Waals surface area contributed by atoms with Gasteiger partial charge in [-0.15, -0.1) is 6.42 Å². The van der Waals surface area contributed by atoms with Gasteiger partial charge in [0.1, 0.15) is 18.4 Å². The molecule has 0 amide bonds. The van der Waals surface area contributed by atoms with E-state index < -0.39 is 0 Å². The van der Waals surface area contributed by atoms with Crippen molar-refractivity contribution in [3.05, 3.63) is 84.2 Å². The lowest BCUT2D eigenvalue weighted by molar-refractivity contribution is -0.107. The Morgan fingerprint density at radius 3 is 2.51 bits per heavy atom. The number of benzene rings is 3. The number of carbonyl (C=O) groups is 2. The number of fused-ring (bicyclic) bond motifs is 1. The summed E-state index contributed by atoms with van der Waals surface area (Å²) in [6.45, 7) is 0.573. The fourth-order valence-electron chi connectivity index (χ4n) is 3.85. The first kappa shape index (κ1) is 30.6. The number of hydroxylamine groups is 1. The second kappa shape index (κ2) is 16.9. The highest BCUT2D eigenvalue weighted by atomic mass is 16.7. The molecule has 0 fully saturated rings. The number of ether oxygens (including phenoxy) is 2. The number of terminal acetylenes is 1.